The molecular weight excluding hydrogens is 446 g/mol. The maximum atomic E-state index is 13.1. The van der Waals surface area contributed by atoms with Gasteiger partial charge in [-0.15, -0.1) is 0 Å². The highest BCUT2D eigenvalue weighted by Crippen LogP contribution is 2.34. The Bertz CT molecular complexity index is 1060. The Morgan fingerprint density at radius 1 is 1.06 bits per heavy atom. The second-order valence-corrected chi connectivity index (χ2v) is 9.50. The lowest BCUT2D eigenvalue weighted by Crippen LogP contribution is -2.43. The largest absolute Gasteiger partial charge is 0.494 e. The molecule has 0 aromatic heterocycles. The summed E-state index contributed by atoms with van der Waals surface area (Å²) in [6, 6.07) is 9.02. The molecule has 1 aliphatic heterocycles. The molecule has 2 aromatic rings. The van der Waals surface area contributed by atoms with Gasteiger partial charge in [-0.25, -0.2) is 8.42 Å². The minimum atomic E-state index is -3.97. The van der Waals surface area contributed by atoms with Crippen molar-refractivity contribution in [3.63, 3.8) is 0 Å². The molecule has 10 heteroatoms. The molecule has 3 rings (SSSR count). The van der Waals surface area contributed by atoms with Crippen molar-refractivity contribution in [3.8, 4) is 17.2 Å². The van der Waals surface area contributed by atoms with E-state index in [2.05, 4.69) is 14.9 Å². The quantitative estimate of drug-likeness (QED) is 0.572. The summed E-state index contributed by atoms with van der Waals surface area (Å²) < 4.78 is 44.7. The van der Waals surface area contributed by atoms with Crippen molar-refractivity contribution < 1.29 is 27.4 Å². The van der Waals surface area contributed by atoms with Gasteiger partial charge in [0.25, 0.3) is 15.9 Å². The summed E-state index contributed by atoms with van der Waals surface area (Å²) in [7, 11) is 0.971. The van der Waals surface area contributed by atoms with Crippen LogP contribution in [0.25, 0.3) is 0 Å². The Kier molecular flexibility index (Phi) is 8.04. The van der Waals surface area contributed by atoms with Crippen LogP contribution in [0.3, 0.4) is 0 Å². The molecule has 0 atom stereocenters. The van der Waals surface area contributed by atoms with E-state index in [0.29, 0.717) is 23.9 Å². The smallest absolute Gasteiger partial charge is 0.261 e. The number of benzene rings is 2. The van der Waals surface area contributed by atoms with E-state index in [4.69, 9.17) is 14.2 Å². The first-order valence-electron chi connectivity index (χ1n) is 10.8. The maximum Gasteiger partial charge on any atom is 0.261 e. The summed E-state index contributed by atoms with van der Waals surface area (Å²) in [5.74, 6) is 0.823. The van der Waals surface area contributed by atoms with E-state index >= 15 is 0 Å². The van der Waals surface area contributed by atoms with Crippen LogP contribution in [0.1, 0.15) is 30.1 Å². The number of hydrogen-bond donors (Lipinski definition) is 2. The predicted octanol–water partition coefficient (Wildman–Crippen LogP) is 2.73. The van der Waals surface area contributed by atoms with Gasteiger partial charge >= 0.3 is 0 Å². The van der Waals surface area contributed by atoms with Crippen LogP contribution in [0, 0.1) is 0 Å². The number of anilines is 1. The number of nitrogens with zero attached hydrogens (tertiary/aromatic N) is 1. The van der Waals surface area contributed by atoms with E-state index in [0.717, 1.165) is 25.9 Å². The second kappa shape index (κ2) is 10.8. The number of hydrogen-bond acceptors (Lipinski definition) is 7. The average molecular weight is 478 g/mol. The average Bonchev–Trinajstić information content (AvgIpc) is 2.80. The molecular formula is C23H31N3O6S. The number of ether oxygens (including phenoxy) is 3. The van der Waals surface area contributed by atoms with Crippen LogP contribution < -0.4 is 24.2 Å². The van der Waals surface area contributed by atoms with Gasteiger partial charge in [0.1, 0.15) is 5.75 Å². The number of rotatable bonds is 9. The van der Waals surface area contributed by atoms with Gasteiger partial charge < -0.3 is 24.4 Å². The van der Waals surface area contributed by atoms with Gasteiger partial charge in [-0.2, -0.15) is 0 Å². The molecule has 2 N–H and O–H groups in total. The van der Waals surface area contributed by atoms with Crippen molar-refractivity contribution in [2.24, 2.45) is 0 Å². The Morgan fingerprint density at radius 3 is 2.24 bits per heavy atom. The fourth-order valence-electron chi connectivity index (χ4n) is 3.65. The Hall–Kier alpha value is -2.98. The third kappa shape index (κ3) is 6.08. The first-order chi connectivity index (χ1) is 15.8. The van der Waals surface area contributed by atoms with Gasteiger partial charge in [-0.05, 0) is 70.2 Å². The van der Waals surface area contributed by atoms with Crippen LogP contribution in [0.4, 0.5) is 5.69 Å². The summed E-state index contributed by atoms with van der Waals surface area (Å²) in [5.41, 5.74) is 0.257. The van der Waals surface area contributed by atoms with Crippen molar-refractivity contribution in [1.82, 2.24) is 10.2 Å². The summed E-state index contributed by atoms with van der Waals surface area (Å²) in [6.45, 7) is 4.09. The van der Waals surface area contributed by atoms with Crippen molar-refractivity contribution in [2.75, 3.05) is 45.7 Å². The monoisotopic (exact) mass is 477 g/mol. The van der Waals surface area contributed by atoms with E-state index < -0.39 is 10.0 Å². The Balaban J connectivity index is 1.91. The third-order valence-corrected chi connectivity index (χ3v) is 6.89. The lowest BCUT2D eigenvalue weighted by Gasteiger charge is -2.29. The number of carbonyl (C=O) groups is 1. The highest BCUT2D eigenvalue weighted by atomic mass is 32.2. The Morgan fingerprint density at radius 2 is 1.67 bits per heavy atom. The van der Waals surface area contributed by atoms with Gasteiger partial charge in [0.15, 0.2) is 11.5 Å². The molecule has 33 heavy (non-hydrogen) atoms. The van der Waals surface area contributed by atoms with Gasteiger partial charge in [0.05, 0.1) is 37.0 Å². The number of methoxy groups -OCH3 is 2. The molecule has 0 radical (unpaired) electrons. The fourth-order valence-corrected chi connectivity index (χ4v) is 4.72. The van der Waals surface area contributed by atoms with Gasteiger partial charge in [-0.3, -0.25) is 9.52 Å². The summed E-state index contributed by atoms with van der Waals surface area (Å²) in [6.07, 6.45) is 1.64. The zero-order valence-corrected chi connectivity index (χ0v) is 20.2. The van der Waals surface area contributed by atoms with E-state index in [1.807, 2.05) is 14.0 Å². The van der Waals surface area contributed by atoms with Crippen molar-refractivity contribution in [3.05, 3.63) is 42.0 Å². The molecule has 1 amide bonds. The second-order valence-electron chi connectivity index (χ2n) is 7.81. The van der Waals surface area contributed by atoms with Gasteiger partial charge in [0, 0.05) is 12.1 Å². The first kappa shape index (κ1) is 24.7. The summed E-state index contributed by atoms with van der Waals surface area (Å²) in [5, 5.41) is 3.02. The number of piperidine rings is 1. The number of amides is 1. The van der Waals surface area contributed by atoms with Crippen LogP contribution >= 0.6 is 0 Å². The molecule has 9 nitrogen and oxygen atoms in total. The number of nitrogens with one attached hydrogen (secondary N) is 2. The molecule has 180 valence electrons. The minimum Gasteiger partial charge on any atom is -0.494 e. The molecule has 0 aliphatic carbocycles. The summed E-state index contributed by atoms with van der Waals surface area (Å²) >= 11 is 0. The van der Waals surface area contributed by atoms with Crippen LogP contribution in [0.2, 0.25) is 0 Å². The third-order valence-electron chi connectivity index (χ3n) is 5.51. The molecule has 0 saturated carbocycles. The first-order valence-corrected chi connectivity index (χ1v) is 12.3. The van der Waals surface area contributed by atoms with Crippen LogP contribution in [0.15, 0.2) is 41.3 Å². The van der Waals surface area contributed by atoms with E-state index in [1.165, 1.54) is 38.5 Å². The van der Waals surface area contributed by atoms with Crippen molar-refractivity contribution in [1.29, 1.82) is 0 Å². The highest BCUT2D eigenvalue weighted by molar-refractivity contribution is 7.92. The zero-order chi connectivity index (χ0) is 24.0. The number of carbonyl (C=O) groups excluding carboxylic acids is 1. The normalized spacial score (nSPS) is 15.0. The van der Waals surface area contributed by atoms with E-state index in [1.54, 1.807) is 12.1 Å². The Labute approximate surface area is 195 Å². The molecule has 0 bridgehead atoms. The molecule has 0 spiro atoms. The summed E-state index contributed by atoms with van der Waals surface area (Å²) in [4.78, 5) is 15.4. The standard InChI is InChI=1S/C23H31N3O6S/c1-5-32-17-6-8-18(9-7-17)33(28,29)25-20-15-22(31-4)21(30-3)14-19(20)23(27)24-16-10-12-26(2)13-11-16/h6-9,14-16,25H,5,10-13H2,1-4H3,(H,24,27). The maximum absolute atomic E-state index is 13.1. The topological polar surface area (TPSA) is 106 Å². The van der Waals surface area contributed by atoms with Gasteiger partial charge in [-0.1, -0.05) is 0 Å². The van der Waals surface area contributed by atoms with E-state index in [-0.39, 0.29) is 28.1 Å². The van der Waals surface area contributed by atoms with Gasteiger partial charge in [0.2, 0.25) is 0 Å². The molecule has 1 heterocycles. The molecule has 1 saturated heterocycles. The van der Waals surface area contributed by atoms with Crippen molar-refractivity contribution in [2.45, 2.75) is 30.7 Å². The highest BCUT2D eigenvalue weighted by Gasteiger charge is 2.25. The SMILES string of the molecule is CCOc1ccc(S(=O)(=O)Nc2cc(OC)c(OC)cc2C(=O)NC2CCN(C)CC2)cc1. The van der Waals surface area contributed by atoms with Crippen molar-refractivity contribution >= 4 is 21.6 Å². The van der Waals surface area contributed by atoms with Crippen LogP contribution in [-0.4, -0.2) is 66.2 Å². The molecule has 1 aliphatic rings. The molecule has 2 aromatic carbocycles. The van der Waals surface area contributed by atoms with Crippen LogP contribution in [0.5, 0.6) is 17.2 Å². The number of likely N-dealkylation sites (tertiary alicyclic amines) is 1. The predicted molar refractivity (Wildman–Crippen MR) is 126 cm³/mol. The molecule has 0 unspecified atom stereocenters. The van der Waals surface area contributed by atoms with Crippen LogP contribution in [-0.2, 0) is 10.0 Å². The lowest BCUT2D eigenvalue weighted by atomic mass is 10.0. The minimum absolute atomic E-state index is 0.0114. The zero-order valence-electron chi connectivity index (χ0n) is 19.4. The van der Waals surface area contributed by atoms with E-state index in [9.17, 15) is 13.2 Å². The lowest BCUT2D eigenvalue weighted by molar-refractivity contribution is 0.0917. The molecule has 1 fully saturated rings. The fraction of sp³-hybridized carbons (Fsp3) is 0.435. The number of sulfonamides is 1.